The van der Waals surface area contributed by atoms with Gasteiger partial charge in [0.05, 0.1) is 16.7 Å². The smallest absolute Gasteiger partial charge is 0.240 e. The summed E-state index contributed by atoms with van der Waals surface area (Å²) in [6, 6.07) is 13.6. The number of aliphatic hydroxyl groups excluding tert-OH is 1. The van der Waals surface area contributed by atoms with Crippen LogP contribution in [0.2, 0.25) is 5.02 Å². The second-order valence-corrected chi connectivity index (χ2v) is 7.92. The summed E-state index contributed by atoms with van der Waals surface area (Å²) in [6.07, 6.45) is 2.51. The molecule has 3 aromatic rings. The Bertz CT molecular complexity index is 987. The predicted molar refractivity (Wildman–Crippen MR) is 99.9 cm³/mol. The molecule has 8 heteroatoms. The summed E-state index contributed by atoms with van der Waals surface area (Å²) in [7, 11) is -3.77. The second-order valence-electron chi connectivity index (χ2n) is 5.77. The van der Waals surface area contributed by atoms with Crippen molar-refractivity contribution in [2.75, 3.05) is 6.54 Å². The highest BCUT2D eigenvalue weighted by Gasteiger charge is 2.19. The first-order valence-corrected chi connectivity index (χ1v) is 9.77. The molecule has 6 nitrogen and oxygen atoms in total. The number of aliphatic hydroxyl groups is 1. The molecule has 3 rings (SSSR count). The summed E-state index contributed by atoms with van der Waals surface area (Å²) < 4.78 is 29.0. The van der Waals surface area contributed by atoms with Crippen molar-refractivity contribution in [3.63, 3.8) is 0 Å². The van der Waals surface area contributed by atoms with Gasteiger partial charge in [0.25, 0.3) is 0 Å². The van der Waals surface area contributed by atoms with Crippen molar-refractivity contribution in [2.45, 2.75) is 17.9 Å². The fraction of sp³-hybridized carbons (Fsp3) is 0.167. The minimum Gasteiger partial charge on any atom is -0.387 e. The van der Waals surface area contributed by atoms with Gasteiger partial charge < -0.3 is 5.11 Å². The molecule has 0 saturated carbocycles. The molecule has 1 unspecified atom stereocenters. The summed E-state index contributed by atoms with van der Waals surface area (Å²) in [5, 5.41) is 14.8. The van der Waals surface area contributed by atoms with E-state index in [0.717, 1.165) is 5.69 Å². The van der Waals surface area contributed by atoms with E-state index >= 15 is 0 Å². The van der Waals surface area contributed by atoms with Crippen molar-refractivity contribution >= 4 is 21.6 Å². The van der Waals surface area contributed by atoms with E-state index in [4.69, 9.17) is 11.6 Å². The topological polar surface area (TPSA) is 84.2 Å². The molecule has 0 aliphatic carbocycles. The average molecular weight is 392 g/mol. The Hall–Kier alpha value is -2.19. The minimum atomic E-state index is -3.77. The fourth-order valence-electron chi connectivity index (χ4n) is 2.53. The Kier molecular flexibility index (Phi) is 5.43. The van der Waals surface area contributed by atoms with E-state index in [1.807, 2.05) is 12.3 Å². The van der Waals surface area contributed by atoms with E-state index in [1.54, 1.807) is 54.2 Å². The highest BCUT2D eigenvalue weighted by Crippen LogP contribution is 2.23. The van der Waals surface area contributed by atoms with E-state index in [9.17, 15) is 13.5 Å². The molecule has 26 heavy (non-hydrogen) atoms. The van der Waals surface area contributed by atoms with Gasteiger partial charge in [0.1, 0.15) is 0 Å². The summed E-state index contributed by atoms with van der Waals surface area (Å²) in [5.74, 6) is 0. The molecule has 0 aliphatic rings. The van der Waals surface area contributed by atoms with Gasteiger partial charge in [-0.25, -0.2) is 17.8 Å². The quantitative estimate of drug-likeness (QED) is 0.676. The maximum absolute atomic E-state index is 12.5. The zero-order valence-corrected chi connectivity index (χ0v) is 15.6. The van der Waals surface area contributed by atoms with Crippen LogP contribution in [-0.4, -0.2) is 29.8 Å². The molecule has 0 bridgehead atoms. The molecule has 2 aromatic carbocycles. The minimum absolute atomic E-state index is 0.103. The van der Waals surface area contributed by atoms with Crippen LogP contribution in [0.4, 0.5) is 0 Å². The van der Waals surface area contributed by atoms with Crippen LogP contribution in [-0.2, 0) is 10.0 Å². The Morgan fingerprint density at radius 1 is 1.19 bits per heavy atom. The molecule has 0 spiro atoms. The normalized spacial score (nSPS) is 12.9. The van der Waals surface area contributed by atoms with Crippen molar-refractivity contribution in [3.05, 3.63) is 77.1 Å². The molecule has 0 radical (unpaired) electrons. The third-order valence-corrected chi connectivity index (χ3v) is 6.00. The highest BCUT2D eigenvalue weighted by molar-refractivity contribution is 7.89. The van der Waals surface area contributed by atoms with Gasteiger partial charge in [-0.3, -0.25) is 0 Å². The van der Waals surface area contributed by atoms with Crippen LogP contribution in [0.1, 0.15) is 17.2 Å². The zero-order chi connectivity index (χ0) is 18.7. The second kappa shape index (κ2) is 7.59. The van der Waals surface area contributed by atoms with Crippen molar-refractivity contribution in [2.24, 2.45) is 0 Å². The zero-order valence-electron chi connectivity index (χ0n) is 14.0. The van der Waals surface area contributed by atoms with Gasteiger partial charge in [-0.1, -0.05) is 29.8 Å². The van der Waals surface area contributed by atoms with Crippen molar-refractivity contribution in [1.29, 1.82) is 0 Å². The average Bonchev–Trinajstić information content (AvgIpc) is 3.17. The van der Waals surface area contributed by atoms with Crippen molar-refractivity contribution in [3.8, 4) is 5.69 Å². The van der Waals surface area contributed by atoms with Crippen molar-refractivity contribution in [1.82, 2.24) is 14.5 Å². The lowest BCUT2D eigenvalue weighted by molar-refractivity contribution is 0.182. The number of nitrogens with zero attached hydrogens (tertiary/aromatic N) is 2. The first kappa shape index (κ1) is 18.6. The van der Waals surface area contributed by atoms with Crippen LogP contribution in [0, 0.1) is 6.92 Å². The third-order valence-electron chi connectivity index (χ3n) is 4.02. The van der Waals surface area contributed by atoms with Crippen LogP contribution in [0.25, 0.3) is 5.69 Å². The number of hydrogen-bond acceptors (Lipinski definition) is 4. The fourth-order valence-corrected chi connectivity index (χ4v) is 4.07. The van der Waals surface area contributed by atoms with Crippen molar-refractivity contribution < 1.29 is 13.5 Å². The number of aromatic nitrogens is 2. The summed E-state index contributed by atoms with van der Waals surface area (Å²) in [5.41, 5.74) is 1.92. The Labute approximate surface area is 157 Å². The molecule has 0 amide bonds. The van der Waals surface area contributed by atoms with E-state index in [2.05, 4.69) is 9.82 Å². The maximum atomic E-state index is 12.5. The Balaban J connectivity index is 1.70. The summed E-state index contributed by atoms with van der Waals surface area (Å²) >= 11 is 5.99. The molecule has 1 heterocycles. The monoisotopic (exact) mass is 391 g/mol. The molecular formula is C18H18ClN3O3S. The summed E-state index contributed by atoms with van der Waals surface area (Å²) in [4.78, 5) is 0.103. The SMILES string of the molecule is Cc1c(Cl)cccc1S(=O)(=O)NCC(O)c1ccc(-n2cccn2)cc1. The largest absolute Gasteiger partial charge is 0.387 e. The van der Waals surface area contributed by atoms with Crippen LogP contribution in [0.15, 0.2) is 65.8 Å². The summed E-state index contributed by atoms with van der Waals surface area (Å²) in [6.45, 7) is 1.50. The van der Waals surface area contributed by atoms with Gasteiger partial charge in [0.15, 0.2) is 0 Å². The lowest BCUT2D eigenvalue weighted by Crippen LogP contribution is -2.29. The van der Waals surface area contributed by atoms with E-state index in [0.29, 0.717) is 16.1 Å². The molecule has 136 valence electrons. The number of sulfonamides is 1. The molecule has 0 aliphatic heterocycles. The van der Waals surface area contributed by atoms with Gasteiger partial charge in [0, 0.05) is 24.0 Å². The number of hydrogen-bond donors (Lipinski definition) is 2. The van der Waals surface area contributed by atoms with Crippen LogP contribution < -0.4 is 4.72 Å². The van der Waals surface area contributed by atoms with Gasteiger partial charge in [-0.15, -0.1) is 0 Å². The van der Waals surface area contributed by atoms with E-state index < -0.39 is 16.1 Å². The standard InChI is InChI=1S/C18H18ClN3O3S/c1-13-16(19)4-2-5-18(13)26(24,25)21-12-17(23)14-6-8-15(9-7-14)22-11-3-10-20-22/h2-11,17,21,23H,12H2,1H3. The van der Waals surface area contributed by atoms with Gasteiger partial charge in [-0.2, -0.15) is 5.10 Å². The number of nitrogens with one attached hydrogen (secondary N) is 1. The number of benzene rings is 2. The number of halogens is 1. The predicted octanol–water partition coefficient (Wildman–Crippen LogP) is 2.85. The van der Waals surface area contributed by atoms with Crippen LogP contribution in [0.5, 0.6) is 0 Å². The van der Waals surface area contributed by atoms with Crippen LogP contribution >= 0.6 is 11.6 Å². The number of rotatable bonds is 6. The van der Waals surface area contributed by atoms with Gasteiger partial charge in [0.2, 0.25) is 10.0 Å². The first-order valence-electron chi connectivity index (χ1n) is 7.91. The Morgan fingerprint density at radius 3 is 2.58 bits per heavy atom. The lowest BCUT2D eigenvalue weighted by Gasteiger charge is -2.14. The maximum Gasteiger partial charge on any atom is 0.240 e. The van der Waals surface area contributed by atoms with Crippen LogP contribution in [0.3, 0.4) is 0 Å². The molecule has 2 N–H and O–H groups in total. The molecule has 1 aromatic heterocycles. The van der Waals surface area contributed by atoms with Gasteiger partial charge >= 0.3 is 0 Å². The molecule has 1 atom stereocenters. The van der Waals surface area contributed by atoms with Gasteiger partial charge in [-0.05, 0) is 48.4 Å². The van der Waals surface area contributed by atoms with E-state index in [1.165, 1.54) is 6.07 Å². The molecular weight excluding hydrogens is 374 g/mol. The highest BCUT2D eigenvalue weighted by atomic mass is 35.5. The Morgan fingerprint density at radius 2 is 1.92 bits per heavy atom. The lowest BCUT2D eigenvalue weighted by atomic mass is 10.1. The first-order chi connectivity index (χ1) is 12.4. The van der Waals surface area contributed by atoms with E-state index in [-0.39, 0.29) is 11.4 Å². The molecule has 0 saturated heterocycles. The third kappa shape index (κ3) is 3.96. The molecule has 0 fully saturated rings.